The molecule has 0 unspecified atom stereocenters. The predicted molar refractivity (Wildman–Crippen MR) is 81.0 cm³/mol. The van der Waals surface area contributed by atoms with Crippen LogP contribution in [0.5, 0.6) is 0 Å². The quantitative estimate of drug-likeness (QED) is 0.782. The average molecular weight is 297 g/mol. The molecule has 2 aromatic heterocycles. The molecule has 6 heteroatoms. The Labute approximate surface area is 127 Å². The van der Waals surface area contributed by atoms with Gasteiger partial charge in [-0.2, -0.15) is 5.10 Å². The number of ether oxygens (including phenoxy) is 1. The fourth-order valence-corrected chi connectivity index (χ4v) is 2.28. The van der Waals surface area contributed by atoms with Gasteiger partial charge in [-0.3, -0.25) is 0 Å². The van der Waals surface area contributed by atoms with Crippen molar-refractivity contribution >= 4 is 11.6 Å². The zero-order valence-corrected chi connectivity index (χ0v) is 12.1. The molecule has 0 spiro atoms. The van der Waals surface area contributed by atoms with E-state index in [-0.39, 0.29) is 5.56 Å². The van der Waals surface area contributed by atoms with Crippen molar-refractivity contribution in [3.8, 4) is 11.1 Å². The maximum absolute atomic E-state index is 11.5. The van der Waals surface area contributed by atoms with Gasteiger partial charge in [-0.25, -0.2) is 14.3 Å². The molecule has 3 aromatic rings. The first-order chi connectivity index (χ1) is 10.7. The summed E-state index contributed by atoms with van der Waals surface area (Å²) in [6.07, 6.45) is 2.33. The van der Waals surface area contributed by atoms with Crippen LogP contribution in [0, 0.1) is 0 Å². The van der Waals surface area contributed by atoms with Gasteiger partial charge in [0.25, 0.3) is 0 Å². The number of carbonyl (C=O) groups is 1. The Kier molecular flexibility index (Phi) is 3.84. The third kappa shape index (κ3) is 2.68. The van der Waals surface area contributed by atoms with Crippen molar-refractivity contribution in [2.75, 3.05) is 13.7 Å². The molecule has 0 atom stereocenters. The van der Waals surface area contributed by atoms with E-state index >= 15 is 0 Å². The van der Waals surface area contributed by atoms with Crippen molar-refractivity contribution in [1.82, 2.24) is 14.6 Å². The number of hydrogen-bond donors (Lipinski definition) is 1. The molecule has 0 aliphatic carbocycles. The maximum Gasteiger partial charge on any atom is 0.339 e. The number of hydrogen-bond acceptors (Lipinski definition) is 4. The molecule has 0 radical (unpaired) electrons. The van der Waals surface area contributed by atoms with E-state index in [0.717, 1.165) is 11.1 Å². The smallest absolute Gasteiger partial charge is 0.339 e. The number of fused-ring (bicyclic) bond motifs is 1. The second-order valence-corrected chi connectivity index (χ2v) is 4.85. The molecule has 22 heavy (non-hydrogen) atoms. The first-order valence-corrected chi connectivity index (χ1v) is 6.86. The number of nitrogens with zero attached hydrogens (tertiary/aromatic N) is 3. The summed E-state index contributed by atoms with van der Waals surface area (Å²) < 4.78 is 6.53. The molecule has 3 rings (SSSR count). The number of aromatic carboxylic acids is 1. The highest BCUT2D eigenvalue weighted by Gasteiger charge is 2.15. The molecular formula is C16H15N3O3. The Hall–Kier alpha value is -2.73. The van der Waals surface area contributed by atoms with E-state index in [1.54, 1.807) is 19.4 Å². The number of pyridine rings is 1. The highest BCUT2D eigenvalue weighted by atomic mass is 16.5. The summed E-state index contributed by atoms with van der Waals surface area (Å²) >= 11 is 0. The van der Waals surface area contributed by atoms with Crippen molar-refractivity contribution in [2.45, 2.75) is 6.42 Å². The Morgan fingerprint density at radius 1 is 1.27 bits per heavy atom. The van der Waals surface area contributed by atoms with Gasteiger partial charge in [0, 0.05) is 25.3 Å². The molecule has 1 aromatic carbocycles. The standard InChI is InChI=1S/C16H15N3O3/c1-22-8-7-14-17-15-13(16(20)21)9-12(10-19(15)18-14)11-5-3-2-4-6-11/h2-6,9-10H,7-8H2,1H3,(H,20,21). The van der Waals surface area contributed by atoms with Crippen LogP contribution in [0.4, 0.5) is 0 Å². The fraction of sp³-hybridized carbons (Fsp3) is 0.188. The third-order valence-electron chi connectivity index (χ3n) is 3.34. The van der Waals surface area contributed by atoms with E-state index < -0.39 is 5.97 Å². The van der Waals surface area contributed by atoms with E-state index in [2.05, 4.69) is 10.1 Å². The molecule has 112 valence electrons. The minimum absolute atomic E-state index is 0.137. The van der Waals surface area contributed by atoms with Crippen molar-refractivity contribution in [3.05, 3.63) is 54.0 Å². The van der Waals surface area contributed by atoms with Crippen LogP contribution in [0.3, 0.4) is 0 Å². The molecule has 2 heterocycles. The van der Waals surface area contributed by atoms with Gasteiger partial charge in [0.1, 0.15) is 5.56 Å². The van der Waals surface area contributed by atoms with Crippen LogP contribution < -0.4 is 0 Å². The second kappa shape index (κ2) is 5.95. The van der Waals surface area contributed by atoms with Gasteiger partial charge in [-0.1, -0.05) is 30.3 Å². The fourth-order valence-electron chi connectivity index (χ4n) is 2.28. The number of carboxylic acid groups (broad SMARTS) is 1. The van der Waals surface area contributed by atoms with Gasteiger partial charge in [0.15, 0.2) is 11.5 Å². The highest BCUT2D eigenvalue weighted by Crippen LogP contribution is 2.22. The molecule has 0 bridgehead atoms. The SMILES string of the molecule is COCCc1nc2c(C(=O)O)cc(-c3ccccc3)cn2n1. The molecular weight excluding hydrogens is 282 g/mol. The van der Waals surface area contributed by atoms with Crippen LogP contribution in [-0.2, 0) is 11.2 Å². The first kappa shape index (κ1) is 14.2. The number of carboxylic acids is 1. The zero-order chi connectivity index (χ0) is 15.5. The van der Waals surface area contributed by atoms with Gasteiger partial charge < -0.3 is 9.84 Å². The van der Waals surface area contributed by atoms with E-state index in [1.807, 2.05) is 30.3 Å². The minimum Gasteiger partial charge on any atom is -0.478 e. The van der Waals surface area contributed by atoms with Gasteiger partial charge >= 0.3 is 5.97 Å². The Morgan fingerprint density at radius 2 is 2.05 bits per heavy atom. The Balaban J connectivity index is 2.14. The molecule has 0 saturated heterocycles. The van der Waals surface area contributed by atoms with Crippen LogP contribution in [-0.4, -0.2) is 39.4 Å². The summed E-state index contributed by atoms with van der Waals surface area (Å²) in [6.45, 7) is 0.491. The normalized spacial score (nSPS) is 11.0. The van der Waals surface area contributed by atoms with E-state index in [4.69, 9.17) is 4.74 Å². The van der Waals surface area contributed by atoms with Gasteiger partial charge in [-0.15, -0.1) is 0 Å². The van der Waals surface area contributed by atoms with Gasteiger partial charge in [0.2, 0.25) is 0 Å². The lowest BCUT2D eigenvalue weighted by Gasteiger charge is -2.04. The summed E-state index contributed by atoms with van der Waals surface area (Å²) in [4.78, 5) is 15.8. The molecule has 0 aliphatic rings. The van der Waals surface area contributed by atoms with Gasteiger partial charge in [0.05, 0.1) is 6.61 Å². The topological polar surface area (TPSA) is 76.7 Å². The highest BCUT2D eigenvalue weighted by molar-refractivity contribution is 5.95. The predicted octanol–water partition coefficient (Wildman–Crippen LogP) is 2.28. The largest absolute Gasteiger partial charge is 0.478 e. The lowest BCUT2D eigenvalue weighted by Crippen LogP contribution is -2.02. The van der Waals surface area contributed by atoms with E-state index in [0.29, 0.717) is 24.5 Å². The summed E-state index contributed by atoms with van der Waals surface area (Å²) in [5.41, 5.74) is 2.20. The van der Waals surface area contributed by atoms with Gasteiger partial charge in [-0.05, 0) is 11.6 Å². The zero-order valence-electron chi connectivity index (χ0n) is 12.1. The summed E-state index contributed by atoms with van der Waals surface area (Å²) in [7, 11) is 1.60. The van der Waals surface area contributed by atoms with Crippen LogP contribution >= 0.6 is 0 Å². The average Bonchev–Trinajstić information content (AvgIpc) is 2.95. The Bertz CT molecular complexity index is 812. The maximum atomic E-state index is 11.5. The molecule has 0 saturated carbocycles. The van der Waals surface area contributed by atoms with Crippen molar-refractivity contribution in [1.29, 1.82) is 0 Å². The van der Waals surface area contributed by atoms with Crippen molar-refractivity contribution in [3.63, 3.8) is 0 Å². The lowest BCUT2D eigenvalue weighted by molar-refractivity contribution is 0.0698. The first-order valence-electron chi connectivity index (χ1n) is 6.86. The molecule has 0 amide bonds. The molecule has 0 fully saturated rings. The van der Waals surface area contributed by atoms with Crippen LogP contribution in [0.2, 0.25) is 0 Å². The number of aromatic nitrogens is 3. The molecule has 0 aliphatic heterocycles. The number of rotatable bonds is 5. The van der Waals surface area contributed by atoms with Crippen LogP contribution in [0.15, 0.2) is 42.6 Å². The van der Waals surface area contributed by atoms with E-state index in [9.17, 15) is 9.90 Å². The monoisotopic (exact) mass is 297 g/mol. The van der Waals surface area contributed by atoms with Crippen LogP contribution in [0.1, 0.15) is 16.2 Å². The third-order valence-corrected chi connectivity index (χ3v) is 3.34. The molecule has 1 N–H and O–H groups in total. The minimum atomic E-state index is -1.02. The van der Waals surface area contributed by atoms with Crippen molar-refractivity contribution < 1.29 is 14.6 Å². The summed E-state index contributed by atoms with van der Waals surface area (Å²) in [6, 6.07) is 11.2. The lowest BCUT2D eigenvalue weighted by atomic mass is 10.1. The molecule has 6 nitrogen and oxygen atoms in total. The number of benzene rings is 1. The number of methoxy groups -OCH3 is 1. The van der Waals surface area contributed by atoms with Crippen LogP contribution in [0.25, 0.3) is 16.8 Å². The summed E-state index contributed by atoms with van der Waals surface area (Å²) in [5.74, 6) is -0.456. The summed E-state index contributed by atoms with van der Waals surface area (Å²) in [5, 5.41) is 13.8. The van der Waals surface area contributed by atoms with Crippen molar-refractivity contribution in [2.24, 2.45) is 0 Å². The van der Waals surface area contributed by atoms with E-state index in [1.165, 1.54) is 4.52 Å². The Morgan fingerprint density at radius 3 is 2.73 bits per heavy atom. The second-order valence-electron chi connectivity index (χ2n) is 4.85.